The quantitative estimate of drug-likeness (QED) is 0.170. The first-order chi connectivity index (χ1) is 27.8. The van der Waals surface area contributed by atoms with Crippen LogP contribution in [0.4, 0.5) is 17.1 Å². The summed E-state index contributed by atoms with van der Waals surface area (Å²) in [5.41, 5.74) is 9.45. The van der Waals surface area contributed by atoms with E-state index in [0.29, 0.717) is 0 Å². The van der Waals surface area contributed by atoms with Crippen LogP contribution in [0, 0.1) is 0 Å². The molecule has 0 aliphatic heterocycles. The van der Waals surface area contributed by atoms with Crippen LogP contribution in [0.1, 0.15) is 0 Å². The molecule has 0 spiro atoms. The molecular weight excluding hydrogens is 717 g/mol. The molecule has 0 saturated heterocycles. The van der Waals surface area contributed by atoms with Crippen LogP contribution >= 0.6 is 22.7 Å². The highest BCUT2D eigenvalue weighted by Gasteiger charge is 2.24. The van der Waals surface area contributed by atoms with E-state index in [1.54, 1.807) is 0 Å². The maximum absolute atomic E-state index is 2.53. The number of benzene rings is 9. The van der Waals surface area contributed by atoms with Crippen molar-refractivity contribution in [2.24, 2.45) is 0 Å². The van der Waals surface area contributed by atoms with Crippen molar-refractivity contribution in [3.05, 3.63) is 194 Å². The van der Waals surface area contributed by atoms with Crippen LogP contribution in [0.5, 0.6) is 0 Å². The summed E-state index contributed by atoms with van der Waals surface area (Å²) in [4.78, 5) is 2.53. The van der Waals surface area contributed by atoms with Gasteiger partial charge in [-0.15, -0.1) is 22.7 Å². The van der Waals surface area contributed by atoms with Crippen molar-refractivity contribution in [1.29, 1.82) is 0 Å². The van der Waals surface area contributed by atoms with E-state index in [-0.39, 0.29) is 0 Å². The Balaban J connectivity index is 1.18. The second-order valence-corrected chi connectivity index (χ2v) is 16.6. The summed E-state index contributed by atoms with van der Waals surface area (Å²) >= 11 is 3.74. The van der Waals surface area contributed by atoms with E-state index in [1.165, 1.54) is 101 Å². The zero-order chi connectivity index (χ0) is 36.7. The molecule has 0 N–H and O–H groups in total. The van der Waals surface area contributed by atoms with E-state index in [9.17, 15) is 0 Å². The second kappa shape index (κ2) is 12.4. The Morgan fingerprint density at radius 1 is 0.375 bits per heavy atom. The highest BCUT2D eigenvalue weighted by atomic mass is 32.1. The predicted molar refractivity (Wildman–Crippen MR) is 244 cm³/mol. The minimum Gasteiger partial charge on any atom is -0.309 e. The molecule has 12 aromatic rings. The van der Waals surface area contributed by atoms with E-state index >= 15 is 0 Å². The molecule has 0 amide bonds. The van der Waals surface area contributed by atoms with Gasteiger partial charge in [0.1, 0.15) is 0 Å². The fourth-order valence-corrected chi connectivity index (χ4v) is 11.3. The van der Waals surface area contributed by atoms with Crippen LogP contribution in [0.15, 0.2) is 194 Å². The van der Waals surface area contributed by atoms with Crippen molar-refractivity contribution < 1.29 is 0 Å². The van der Waals surface area contributed by atoms with Crippen LogP contribution in [0.25, 0.3) is 89.7 Å². The number of para-hydroxylation sites is 2. The van der Waals surface area contributed by atoms with Crippen molar-refractivity contribution in [2.45, 2.75) is 0 Å². The molecule has 262 valence electrons. The fourth-order valence-electron chi connectivity index (χ4n) is 9.02. The van der Waals surface area contributed by atoms with Crippen molar-refractivity contribution in [3.63, 3.8) is 0 Å². The molecule has 56 heavy (non-hydrogen) atoms. The van der Waals surface area contributed by atoms with Gasteiger partial charge in [-0.2, -0.15) is 0 Å². The van der Waals surface area contributed by atoms with Crippen LogP contribution in [-0.2, 0) is 0 Å². The molecule has 0 atom stereocenters. The highest BCUT2D eigenvalue weighted by molar-refractivity contribution is 7.26. The van der Waals surface area contributed by atoms with Crippen molar-refractivity contribution >= 4 is 113 Å². The summed E-state index contributed by atoms with van der Waals surface area (Å²) in [7, 11) is 0. The molecular formula is C52H32N2S2. The molecule has 3 aromatic heterocycles. The Hall–Kier alpha value is -6.72. The van der Waals surface area contributed by atoms with Crippen molar-refractivity contribution in [3.8, 4) is 16.8 Å². The first-order valence-electron chi connectivity index (χ1n) is 19.0. The van der Waals surface area contributed by atoms with Gasteiger partial charge in [-0.3, -0.25) is 0 Å². The van der Waals surface area contributed by atoms with Crippen molar-refractivity contribution in [1.82, 2.24) is 4.57 Å². The molecule has 0 radical (unpaired) electrons. The number of aromatic nitrogens is 1. The summed E-state index contributed by atoms with van der Waals surface area (Å²) < 4.78 is 7.64. The van der Waals surface area contributed by atoms with Gasteiger partial charge in [0.2, 0.25) is 0 Å². The third kappa shape index (κ3) is 4.67. The Morgan fingerprint density at radius 2 is 0.875 bits per heavy atom. The lowest BCUT2D eigenvalue weighted by Gasteiger charge is -2.28. The first kappa shape index (κ1) is 31.6. The number of rotatable bonds is 5. The van der Waals surface area contributed by atoms with Gasteiger partial charge < -0.3 is 9.47 Å². The molecule has 3 heterocycles. The average Bonchev–Trinajstić information content (AvgIpc) is 3.94. The average molecular weight is 749 g/mol. The van der Waals surface area contributed by atoms with Gasteiger partial charge in [-0.05, 0) is 83.1 Å². The van der Waals surface area contributed by atoms with Gasteiger partial charge in [-0.25, -0.2) is 0 Å². The lowest BCUT2D eigenvalue weighted by molar-refractivity contribution is 1.19. The molecule has 0 unspecified atom stereocenters. The maximum atomic E-state index is 2.53. The Bertz CT molecular complexity index is 3340. The van der Waals surface area contributed by atoms with E-state index in [0.717, 1.165) is 5.69 Å². The summed E-state index contributed by atoms with van der Waals surface area (Å²) in [5, 5.41) is 10.1. The fraction of sp³-hybridized carbons (Fsp3) is 0. The number of thiophene rings is 2. The van der Waals surface area contributed by atoms with Gasteiger partial charge in [0.15, 0.2) is 0 Å². The Morgan fingerprint density at radius 3 is 1.50 bits per heavy atom. The summed E-state index contributed by atoms with van der Waals surface area (Å²) in [6, 6.07) is 71.5. The molecule has 0 aliphatic rings. The van der Waals surface area contributed by atoms with E-state index in [4.69, 9.17) is 0 Å². The lowest BCUT2D eigenvalue weighted by Crippen LogP contribution is -2.11. The maximum Gasteiger partial charge on any atom is 0.0555 e. The van der Waals surface area contributed by atoms with Gasteiger partial charge >= 0.3 is 0 Å². The lowest BCUT2D eigenvalue weighted by atomic mass is 9.95. The summed E-state index contributed by atoms with van der Waals surface area (Å²) in [6.45, 7) is 0. The largest absolute Gasteiger partial charge is 0.309 e. The summed E-state index contributed by atoms with van der Waals surface area (Å²) in [5.74, 6) is 0. The second-order valence-electron chi connectivity index (χ2n) is 14.4. The monoisotopic (exact) mass is 748 g/mol. The topological polar surface area (TPSA) is 8.17 Å². The number of hydrogen-bond donors (Lipinski definition) is 0. The van der Waals surface area contributed by atoms with Crippen molar-refractivity contribution in [2.75, 3.05) is 4.90 Å². The Labute approximate surface area is 331 Å². The number of anilines is 3. The molecule has 4 heteroatoms. The van der Waals surface area contributed by atoms with Crippen LogP contribution in [0.2, 0.25) is 0 Å². The SMILES string of the molecule is c1cc(-c2c(-n3c4ccccc4c4ccccc43)ccc3ccccc23)cc(N(c2cccc3sc4ccccc4c23)c2cccc3sc4ccccc4c23)c1. The first-order valence-corrected chi connectivity index (χ1v) is 20.6. The Kier molecular flexibility index (Phi) is 7.00. The smallest absolute Gasteiger partial charge is 0.0555 e. The normalized spacial score (nSPS) is 11.9. The van der Waals surface area contributed by atoms with Gasteiger partial charge in [-0.1, -0.05) is 127 Å². The standard InChI is InChI=1S/C52H32N2S2/c1-2-17-36-33(14-1)30-31-45(54-41-22-7-3-18-37(41)38-19-4-8-23-42(38)54)50(36)34-15-11-16-35(32-34)53(43-24-12-28-48-51(43)39-20-5-9-26-46(39)55-48)44-25-13-29-49-52(44)40-21-6-10-27-47(40)56-49/h1-32H. The minimum absolute atomic E-state index is 1.12. The third-order valence-corrected chi connectivity index (χ3v) is 13.6. The number of fused-ring (bicyclic) bond motifs is 10. The van der Waals surface area contributed by atoms with Gasteiger partial charge in [0.05, 0.1) is 28.1 Å². The van der Waals surface area contributed by atoms with E-state index < -0.39 is 0 Å². The molecule has 12 rings (SSSR count). The van der Waals surface area contributed by atoms with E-state index in [1.807, 2.05) is 22.7 Å². The zero-order valence-corrected chi connectivity index (χ0v) is 31.8. The molecule has 0 saturated carbocycles. The number of nitrogens with zero attached hydrogens (tertiary/aromatic N) is 2. The molecule has 2 nitrogen and oxygen atoms in total. The molecule has 0 fully saturated rings. The third-order valence-electron chi connectivity index (χ3n) is 11.4. The van der Waals surface area contributed by atoms with Gasteiger partial charge in [0, 0.05) is 62.4 Å². The van der Waals surface area contributed by atoms with Gasteiger partial charge in [0.25, 0.3) is 0 Å². The van der Waals surface area contributed by atoms with Crippen LogP contribution < -0.4 is 4.90 Å². The molecule has 0 aliphatic carbocycles. The van der Waals surface area contributed by atoms with Crippen LogP contribution in [0.3, 0.4) is 0 Å². The molecule has 0 bridgehead atoms. The molecule has 9 aromatic carbocycles. The summed E-state index contributed by atoms with van der Waals surface area (Å²) in [6.07, 6.45) is 0. The highest BCUT2D eigenvalue weighted by Crippen LogP contribution is 2.50. The minimum atomic E-state index is 1.12. The zero-order valence-electron chi connectivity index (χ0n) is 30.2. The number of hydrogen-bond acceptors (Lipinski definition) is 3. The van der Waals surface area contributed by atoms with E-state index in [2.05, 4.69) is 204 Å². The van der Waals surface area contributed by atoms with Crippen LogP contribution in [-0.4, -0.2) is 4.57 Å². The predicted octanol–water partition coefficient (Wildman–Crippen LogP) is 15.8.